The van der Waals surface area contributed by atoms with Gasteiger partial charge in [-0.3, -0.25) is 9.59 Å². The van der Waals surface area contributed by atoms with Gasteiger partial charge in [-0.05, 0) is 64.8 Å². The van der Waals surface area contributed by atoms with Gasteiger partial charge < -0.3 is 10.1 Å². The predicted molar refractivity (Wildman–Crippen MR) is 150 cm³/mol. The first kappa shape index (κ1) is 27.0. The summed E-state index contributed by atoms with van der Waals surface area (Å²) in [6.45, 7) is 1.58. The van der Waals surface area contributed by atoms with E-state index in [1.165, 1.54) is 29.1 Å². The van der Waals surface area contributed by atoms with Crippen molar-refractivity contribution in [3.8, 4) is 5.75 Å². The van der Waals surface area contributed by atoms with Crippen molar-refractivity contribution >= 4 is 72.2 Å². The Kier molecular flexibility index (Phi) is 8.73. The van der Waals surface area contributed by atoms with Crippen LogP contribution in [0.5, 0.6) is 5.75 Å². The molecule has 37 heavy (non-hydrogen) atoms. The molecule has 190 valence electrons. The largest absolute Gasteiger partial charge is 0.482 e. The Balaban J connectivity index is 1.66. The zero-order valence-electron chi connectivity index (χ0n) is 19.5. The molecule has 7 nitrogen and oxygen atoms in total. The van der Waals surface area contributed by atoms with Crippen LogP contribution in [0.2, 0.25) is 5.02 Å². The molecule has 0 radical (unpaired) electrons. The summed E-state index contributed by atoms with van der Waals surface area (Å²) in [6.07, 6.45) is 2.72. The molecule has 0 saturated heterocycles. The van der Waals surface area contributed by atoms with Crippen molar-refractivity contribution < 1.29 is 13.9 Å². The van der Waals surface area contributed by atoms with Crippen molar-refractivity contribution in [2.45, 2.75) is 19.8 Å². The van der Waals surface area contributed by atoms with Gasteiger partial charge in [-0.25, -0.2) is 9.37 Å². The highest BCUT2D eigenvalue weighted by Gasteiger charge is 2.14. The van der Waals surface area contributed by atoms with Crippen molar-refractivity contribution in [3.05, 3.63) is 96.1 Å². The first-order chi connectivity index (χ1) is 17.8. The number of nitrogens with one attached hydrogen (secondary N) is 1. The first-order valence-electron chi connectivity index (χ1n) is 11.2. The fourth-order valence-electron chi connectivity index (χ4n) is 3.53. The molecule has 1 amide bonds. The number of hydrogen-bond donors (Lipinski definition) is 1. The molecule has 0 aliphatic heterocycles. The van der Waals surface area contributed by atoms with Gasteiger partial charge in [-0.1, -0.05) is 46.6 Å². The minimum atomic E-state index is -0.555. The van der Waals surface area contributed by atoms with Crippen LogP contribution in [0.25, 0.3) is 10.9 Å². The monoisotopic (exact) mass is 648 g/mol. The number of aryl methyl sites for hydroxylation is 1. The summed E-state index contributed by atoms with van der Waals surface area (Å²) in [5.74, 6) is -0.328. The molecular formula is C26H20Br2ClFN4O3. The summed E-state index contributed by atoms with van der Waals surface area (Å²) in [6, 6.07) is 14.3. The van der Waals surface area contributed by atoms with Gasteiger partial charge >= 0.3 is 0 Å². The number of halogens is 4. The van der Waals surface area contributed by atoms with Gasteiger partial charge in [0, 0.05) is 21.5 Å². The maximum absolute atomic E-state index is 13.9. The van der Waals surface area contributed by atoms with E-state index in [-0.39, 0.29) is 17.0 Å². The van der Waals surface area contributed by atoms with Gasteiger partial charge in [-0.15, -0.1) is 0 Å². The minimum absolute atomic E-state index is 0.0475. The van der Waals surface area contributed by atoms with Crippen molar-refractivity contribution in [2.75, 3.05) is 11.9 Å². The summed E-state index contributed by atoms with van der Waals surface area (Å²) in [5.41, 5.74) is 0.727. The number of hydrogen-bond acceptors (Lipinski definition) is 5. The van der Waals surface area contributed by atoms with E-state index in [1.807, 2.05) is 13.0 Å². The maximum Gasteiger partial charge on any atom is 0.282 e. The van der Waals surface area contributed by atoms with Crippen LogP contribution in [0.15, 0.2) is 73.4 Å². The van der Waals surface area contributed by atoms with Gasteiger partial charge in [0.15, 0.2) is 6.61 Å². The van der Waals surface area contributed by atoms with Gasteiger partial charge in [0.25, 0.3) is 11.5 Å². The van der Waals surface area contributed by atoms with Crippen LogP contribution in [0.3, 0.4) is 0 Å². The van der Waals surface area contributed by atoms with Crippen LogP contribution in [0, 0.1) is 5.82 Å². The van der Waals surface area contributed by atoms with E-state index in [0.29, 0.717) is 38.2 Å². The van der Waals surface area contributed by atoms with E-state index < -0.39 is 18.3 Å². The number of ether oxygens (including phenoxy) is 1. The fourth-order valence-corrected chi connectivity index (χ4v) is 4.84. The number of para-hydroxylation sites is 1. The van der Waals surface area contributed by atoms with E-state index in [9.17, 15) is 14.0 Å². The van der Waals surface area contributed by atoms with Crippen molar-refractivity contribution in [1.82, 2.24) is 9.66 Å². The molecular weight excluding hydrogens is 631 g/mol. The zero-order chi connectivity index (χ0) is 26.5. The number of anilines is 1. The second-order valence-electron chi connectivity index (χ2n) is 7.92. The predicted octanol–water partition coefficient (Wildman–Crippen LogP) is 6.57. The van der Waals surface area contributed by atoms with Crippen LogP contribution in [-0.2, 0) is 11.2 Å². The highest BCUT2D eigenvalue weighted by Crippen LogP contribution is 2.32. The number of aromatic nitrogens is 2. The Morgan fingerprint density at radius 3 is 2.76 bits per heavy atom. The zero-order valence-corrected chi connectivity index (χ0v) is 23.4. The van der Waals surface area contributed by atoms with Gasteiger partial charge in [-0.2, -0.15) is 9.78 Å². The molecule has 0 saturated carbocycles. The molecule has 4 rings (SSSR count). The van der Waals surface area contributed by atoms with Crippen LogP contribution in [-0.4, -0.2) is 28.4 Å². The van der Waals surface area contributed by atoms with Crippen LogP contribution in [0.1, 0.15) is 24.7 Å². The summed E-state index contributed by atoms with van der Waals surface area (Å²) >= 11 is 13.0. The number of fused-ring (bicyclic) bond motifs is 1. The smallest absolute Gasteiger partial charge is 0.282 e. The summed E-state index contributed by atoms with van der Waals surface area (Å²) < 4.78 is 22.1. The van der Waals surface area contributed by atoms with E-state index in [0.717, 1.165) is 10.9 Å². The van der Waals surface area contributed by atoms with E-state index in [1.54, 1.807) is 30.3 Å². The average Bonchev–Trinajstić information content (AvgIpc) is 2.85. The molecule has 4 aromatic rings. The SMILES string of the molecule is CCCc1nc2ccc(Br)cc2c(=O)n1N=Cc1cc(Cl)cc(Br)c1OCC(=O)Nc1ccccc1F. The van der Waals surface area contributed by atoms with Gasteiger partial charge in [0.2, 0.25) is 0 Å². The molecule has 0 spiro atoms. The molecule has 0 fully saturated rings. The summed E-state index contributed by atoms with van der Waals surface area (Å²) in [7, 11) is 0. The first-order valence-corrected chi connectivity index (χ1v) is 13.1. The standard InChI is InChI=1S/C26H20Br2ClFN4O3/c1-2-5-23-32-21-9-8-16(27)11-18(21)26(36)34(23)31-13-15-10-17(29)12-19(28)25(15)37-14-24(35)33-22-7-4-3-6-20(22)30/h3-4,6-13H,2,5,14H2,1H3,(H,33,35). The third-order valence-electron chi connectivity index (χ3n) is 5.19. The summed E-state index contributed by atoms with van der Waals surface area (Å²) in [5, 5.41) is 7.69. The minimum Gasteiger partial charge on any atom is -0.482 e. The van der Waals surface area contributed by atoms with Crippen molar-refractivity contribution in [3.63, 3.8) is 0 Å². The maximum atomic E-state index is 13.9. The van der Waals surface area contributed by atoms with Gasteiger partial charge in [0.05, 0.1) is 27.3 Å². The lowest BCUT2D eigenvalue weighted by Gasteiger charge is -2.13. The second kappa shape index (κ2) is 12.0. The Bertz CT molecular complexity index is 1580. The molecule has 0 atom stereocenters. The quantitative estimate of drug-likeness (QED) is 0.219. The Labute approximate surface area is 233 Å². The Morgan fingerprint density at radius 2 is 2.00 bits per heavy atom. The molecule has 1 N–H and O–H groups in total. The number of carbonyl (C=O) groups excluding carboxylic acids is 1. The number of rotatable bonds is 8. The molecule has 11 heteroatoms. The lowest BCUT2D eigenvalue weighted by molar-refractivity contribution is -0.118. The molecule has 0 aliphatic carbocycles. The van der Waals surface area contributed by atoms with Gasteiger partial charge in [0.1, 0.15) is 17.4 Å². The summed E-state index contributed by atoms with van der Waals surface area (Å²) in [4.78, 5) is 30.3. The van der Waals surface area contributed by atoms with Crippen LogP contribution < -0.4 is 15.6 Å². The molecule has 0 aliphatic rings. The second-order valence-corrected chi connectivity index (χ2v) is 10.1. The molecule has 0 bridgehead atoms. The third kappa shape index (κ3) is 6.44. The lowest BCUT2D eigenvalue weighted by Crippen LogP contribution is -2.23. The fraction of sp³-hybridized carbons (Fsp3) is 0.154. The number of carbonyl (C=O) groups is 1. The van der Waals surface area contributed by atoms with Crippen LogP contribution >= 0.6 is 43.5 Å². The normalized spacial score (nSPS) is 11.3. The highest BCUT2D eigenvalue weighted by molar-refractivity contribution is 9.10. The van der Waals surface area contributed by atoms with E-state index >= 15 is 0 Å². The number of amides is 1. The van der Waals surface area contributed by atoms with Crippen molar-refractivity contribution in [2.24, 2.45) is 5.10 Å². The van der Waals surface area contributed by atoms with E-state index in [2.05, 4.69) is 47.3 Å². The van der Waals surface area contributed by atoms with Crippen LogP contribution in [0.4, 0.5) is 10.1 Å². The third-order valence-corrected chi connectivity index (χ3v) is 6.49. The number of benzene rings is 3. The Hall–Kier alpha value is -3.08. The Morgan fingerprint density at radius 1 is 1.22 bits per heavy atom. The molecule has 3 aromatic carbocycles. The number of nitrogens with zero attached hydrogens (tertiary/aromatic N) is 3. The van der Waals surface area contributed by atoms with E-state index in [4.69, 9.17) is 16.3 Å². The molecule has 1 aromatic heterocycles. The average molecular weight is 651 g/mol. The lowest BCUT2D eigenvalue weighted by atomic mass is 10.2. The topological polar surface area (TPSA) is 85.6 Å². The highest BCUT2D eigenvalue weighted by atomic mass is 79.9. The van der Waals surface area contributed by atoms with Crippen molar-refractivity contribution in [1.29, 1.82) is 0 Å². The molecule has 1 heterocycles. The molecule has 0 unspecified atom stereocenters.